The zero-order chi connectivity index (χ0) is 19.8. The second kappa shape index (κ2) is 7.56. The maximum atomic E-state index is 12.8. The summed E-state index contributed by atoms with van der Waals surface area (Å²) >= 11 is 0. The molecule has 0 saturated heterocycles. The predicted octanol–water partition coefficient (Wildman–Crippen LogP) is 4.95. The largest absolute Gasteiger partial charge is 0.497 e. The van der Waals surface area contributed by atoms with Gasteiger partial charge in [-0.3, -0.25) is 4.90 Å². The Bertz CT molecular complexity index is 1080. The number of hydrogen-bond acceptors (Lipinski definition) is 5. The van der Waals surface area contributed by atoms with Crippen molar-refractivity contribution in [2.75, 3.05) is 13.8 Å². The lowest BCUT2D eigenvalue weighted by molar-refractivity contribution is 0.0406. The quantitative estimate of drug-likeness (QED) is 0.591. The number of hydrogen-bond donors (Lipinski definition) is 0. The van der Waals surface area contributed by atoms with Crippen molar-refractivity contribution in [3.63, 3.8) is 0 Å². The van der Waals surface area contributed by atoms with E-state index < -0.39 is 0 Å². The monoisotopic (exact) mass is 391 g/mol. The van der Waals surface area contributed by atoms with Gasteiger partial charge < -0.3 is 13.9 Å². The zero-order valence-electron chi connectivity index (χ0n) is 16.6. The first-order valence-corrected chi connectivity index (χ1v) is 10.3. The molecule has 1 saturated carbocycles. The number of fused-ring (bicyclic) bond motifs is 3. The summed E-state index contributed by atoms with van der Waals surface area (Å²) in [6.07, 6.45) is 6.32. The SMILES string of the molecule is COc1ccc(-c2cc3ccc4c(c3oc2=O)CN(C2CCCCC2)CO4)cc1. The van der Waals surface area contributed by atoms with Crippen LogP contribution in [0, 0.1) is 0 Å². The molecule has 2 heterocycles. The van der Waals surface area contributed by atoms with E-state index >= 15 is 0 Å². The Morgan fingerprint density at radius 3 is 2.59 bits per heavy atom. The van der Waals surface area contributed by atoms with Gasteiger partial charge in [-0.1, -0.05) is 31.4 Å². The van der Waals surface area contributed by atoms with Crippen LogP contribution in [0.3, 0.4) is 0 Å². The number of nitrogens with zero attached hydrogens (tertiary/aromatic N) is 1. The summed E-state index contributed by atoms with van der Waals surface area (Å²) in [5.74, 6) is 1.58. The summed E-state index contributed by atoms with van der Waals surface area (Å²) in [7, 11) is 1.63. The predicted molar refractivity (Wildman–Crippen MR) is 112 cm³/mol. The van der Waals surface area contributed by atoms with E-state index in [-0.39, 0.29) is 5.63 Å². The van der Waals surface area contributed by atoms with Crippen molar-refractivity contribution in [2.45, 2.75) is 44.7 Å². The molecule has 1 fully saturated rings. The minimum Gasteiger partial charge on any atom is -0.497 e. The van der Waals surface area contributed by atoms with Crippen LogP contribution in [-0.2, 0) is 6.54 Å². The average molecular weight is 391 g/mol. The Balaban J connectivity index is 1.53. The molecule has 1 aromatic heterocycles. The van der Waals surface area contributed by atoms with Gasteiger partial charge in [0.15, 0.2) is 0 Å². The summed E-state index contributed by atoms with van der Waals surface area (Å²) in [5, 5.41) is 0.920. The van der Waals surface area contributed by atoms with Gasteiger partial charge in [-0.2, -0.15) is 0 Å². The Morgan fingerprint density at radius 2 is 1.83 bits per heavy atom. The molecule has 5 heteroatoms. The van der Waals surface area contributed by atoms with Gasteiger partial charge in [0.25, 0.3) is 0 Å². The van der Waals surface area contributed by atoms with Crippen LogP contribution in [0.25, 0.3) is 22.1 Å². The van der Waals surface area contributed by atoms with Gasteiger partial charge >= 0.3 is 5.63 Å². The van der Waals surface area contributed by atoms with E-state index in [2.05, 4.69) is 4.90 Å². The van der Waals surface area contributed by atoms with Crippen LogP contribution in [0.5, 0.6) is 11.5 Å². The van der Waals surface area contributed by atoms with Gasteiger partial charge in [0.1, 0.15) is 23.8 Å². The first kappa shape index (κ1) is 18.3. The summed E-state index contributed by atoms with van der Waals surface area (Å²) in [6, 6.07) is 13.9. The lowest BCUT2D eigenvalue weighted by Crippen LogP contribution is -2.41. The van der Waals surface area contributed by atoms with E-state index in [0.29, 0.717) is 23.9 Å². The summed E-state index contributed by atoms with van der Waals surface area (Å²) in [6.45, 7) is 1.37. The van der Waals surface area contributed by atoms with E-state index in [4.69, 9.17) is 13.9 Å². The van der Waals surface area contributed by atoms with Crippen LogP contribution in [0.4, 0.5) is 0 Å². The van der Waals surface area contributed by atoms with Crippen molar-refractivity contribution in [1.29, 1.82) is 0 Å². The lowest BCUT2D eigenvalue weighted by atomic mass is 9.93. The molecular formula is C24H25NO4. The molecule has 2 aliphatic rings. The van der Waals surface area contributed by atoms with E-state index in [1.165, 1.54) is 32.1 Å². The third-order valence-electron chi connectivity index (χ3n) is 6.20. The van der Waals surface area contributed by atoms with Crippen LogP contribution in [0.15, 0.2) is 51.7 Å². The van der Waals surface area contributed by atoms with E-state index in [1.54, 1.807) is 7.11 Å². The highest BCUT2D eigenvalue weighted by molar-refractivity contribution is 5.86. The molecule has 3 aromatic rings. The molecule has 0 atom stereocenters. The second-order valence-electron chi connectivity index (χ2n) is 7.95. The topological polar surface area (TPSA) is 51.9 Å². The van der Waals surface area contributed by atoms with Crippen molar-refractivity contribution < 1.29 is 13.9 Å². The molecule has 5 rings (SSSR count). The van der Waals surface area contributed by atoms with Crippen molar-refractivity contribution in [3.8, 4) is 22.6 Å². The Hall–Kier alpha value is -2.79. The number of methoxy groups -OCH3 is 1. The third-order valence-corrected chi connectivity index (χ3v) is 6.20. The van der Waals surface area contributed by atoms with Crippen molar-refractivity contribution in [1.82, 2.24) is 4.90 Å². The highest BCUT2D eigenvalue weighted by Gasteiger charge is 2.28. The standard InChI is InChI=1S/C24H25NO4/c1-27-19-10-7-16(8-11-19)20-13-17-9-12-22-21(23(17)29-24(20)26)14-25(15-28-22)18-5-3-2-4-6-18/h7-13,18H,2-6,14-15H2,1H3. The van der Waals surface area contributed by atoms with E-state index in [1.807, 2.05) is 42.5 Å². The van der Waals surface area contributed by atoms with Crippen LogP contribution in [-0.4, -0.2) is 24.8 Å². The van der Waals surface area contributed by atoms with Gasteiger partial charge in [0, 0.05) is 18.0 Å². The average Bonchev–Trinajstić information content (AvgIpc) is 2.79. The van der Waals surface area contributed by atoms with Crippen LogP contribution < -0.4 is 15.1 Å². The highest BCUT2D eigenvalue weighted by Crippen LogP contribution is 2.35. The zero-order valence-corrected chi connectivity index (χ0v) is 16.6. The molecule has 1 aliphatic heterocycles. The van der Waals surface area contributed by atoms with Crippen molar-refractivity contribution >= 4 is 11.0 Å². The molecule has 0 bridgehead atoms. The van der Waals surface area contributed by atoms with Gasteiger partial charge in [-0.15, -0.1) is 0 Å². The van der Waals surface area contributed by atoms with E-state index in [9.17, 15) is 4.79 Å². The minimum atomic E-state index is -0.328. The molecular weight excluding hydrogens is 366 g/mol. The Morgan fingerprint density at radius 1 is 1.03 bits per heavy atom. The molecule has 0 amide bonds. The van der Waals surface area contributed by atoms with Gasteiger partial charge in [0.2, 0.25) is 0 Å². The molecule has 5 nitrogen and oxygen atoms in total. The molecule has 0 spiro atoms. The van der Waals surface area contributed by atoms with Crippen molar-refractivity contribution in [3.05, 3.63) is 58.4 Å². The normalized spacial score (nSPS) is 17.7. The minimum absolute atomic E-state index is 0.328. The Kier molecular flexibility index (Phi) is 4.76. The maximum Gasteiger partial charge on any atom is 0.344 e. The smallest absolute Gasteiger partial charge is 0.344 e. The van der Waals surface area contributed by atoms with Gasteiger partial charge in [-0.05, 0) is 48.7 Å². The number of benzene rings is 2. The van der Waals surface area contributed by atoms with Crippen LogP contribution >= 0.6 is 0 Å². The first-order chi connectivity index (χ1) is 14.2. The molecule has 0 radical (unpaired) electrons. The van der Waals surface area contributed by atoms with E-state index in [0.717, 1.165) is 34.6 Å². The fraction of sp³-hybridized carbons (Fsp3) is 0.375. The lowest BCUT2D eigenvalue weighted by Gasteiger charge is -2.37. The summed E-state index contributed by atoms with van der Waals surface area (Å²) in [4.78, 5) is 15.2. The first-order valence-electron chi connectivity index (χ1n) is 10.3. The highest BCUT2D eigenvalue weighted by atomic mass is 16.5. The van der Waals surface area contributed by atoms with Crippen LogP contribution in [0.1, 0.15) is 37.7 Å². The third kappa shape index (κ3) is 3.40. The number of rotatable bonds is 3. The van der Waals surface area contributed by atoms with Gasteiger partial charge in [0.05, 0.1) is 18.2 Å². The molecule has 0 unspecified atom stereocenters. The molecule has 1 aliphatic carbocycles. The molecule has 2 aromatic carbocycles. The second-order valence-corrected chi connectivity index (χ2v) is 7.95. The number of ether oxygens (including phenoxy) is 2. The summed E-state index contributed by atoms with van der Waals surface area (Å²) < 4.78 is 17.1. The molecule has 0 N–H and O–H groups in total. The van der Waals surface area contributed by atoms with Crippen molar-refractivity contribution in [2.24, 2.45) is 0 Å². The molecule has 29 heavy (non-hydrogen) atoms. The fourth-order valence-corrected chi connectivity index (χ4v) is 4.56. The maximum absolute atomic E-state index is 12.8. The fourth-order valence-electron chi connectivity index (χ4n) is 4.56. The Labute approximate surface area is 169 Å². The summed E-state index contributed by atoms with van der Waals surface area (Å²) in [5.41, 5.74) is 2.68. The van der Waals surface area contributed by atoms with Gasteiger partial charge in [-0.25, -0.2) is 4.79 Å². The molecule has 150 valence electrons. The van der Waals surface area contributed by atoms with Crippen LogP contribution in [0.2, 0.25) is 0 Å².